The zero-order valence-electron chi connectivity index (χ0n) is 14.5. The maximum Gasteiger partial charge on any atom is 0.193 e. The second-order valence-electron chi connectivity index (χ2n) is 5.67. The standard InChI is InChI=1S/C17H24ClN5O/c1-13(24-16-8-6-5-7-15(16)18)9-20-17(19-2)22(3)11-14-10-21-23(4)12-14/h5-8,10,12-13H,9,11H2,1-4H3,(H,19,20). The van der Waals surface area contributed by atoms with Crippen molar-refractivity contribution < 1.29 is 4.74 Å². The molecule has 0 spiro atoms. The van der Waals surface area contributed by atoms with Crippen LogP contribution in [-0.2, 0) is 13.6 Å². The summed E-state index contributed by atoms with van der Waals surface area (Å²) in [5, 5.41) is 8.11. The number of hydrogen-bond donors (Lipinski definition) is 1. The number of nitrogens with zero attached hydrogens (tertiary/aromatic N) is 4. The lowest BCUT2D eigenvalue weighted by atomic mass is 10.3. The van der Waals surface area contributed by atoms with Crippen LogP contribution in [-0.4, -0.2) is 47.4 Å². The molecule has 2 aromatic rings. The minimum absolute atomic E-state index is 0.0477. The van der Waals surface area contributed by atoms with Crippen LogP contribution in [0.1, 0.15) is 12.5 Å². The minimum Gasteiger partial charge on any atom is -0.487 e. The van der Waals surface area contributed by atoms with E-state index < -0.39 is 0 Å². The second kappa shape index (κ2) is 8.59. The summed E-state index contributed by atoms with van der Waals surface area (Å²) in [5.74, 6) is 1.49. The van der Waals surface area contributed by atoms with Gasteiger partial charge in [-0.2, -0.15) is 5.10 Å². The topological polar surface area (TPSA) is 54.7 Å². The number of rotatable bonds is 6. The number of guanidine groups is 1. The molecule has 0 saturated heterocycles. The van der Waals surface area contributed by atoms with Gasteiger partial charge in [-0.25, -0.2) is 0 Å². The molecule has 1 unspecified atom stereocenters. The first-order chi connectivity index (χ1) is 11.5. The summed E-state index contributed by atoms with van der Waals surface area (Å²) < 4.78 is 7.65. The maximum atomic E-state index is 6.12. The second-order valence-corrected chi connectivity index (χ2v) is 6.07. The highest BCUT2D eigenvalue weighted by Crippen LogP contribution is 2.23. The first-order valence-corrected chi connectivity index (χ1v) is 8.18. The monoisotopic (exact) mass is 349 g/mol. The van der Waals surface area contributed by atoms with Crippen LogP contribution in [0.25, 0.3) is 0 Å². The molecule has 0 amide bonds. The van der Waals surface area contributed by atoms with Gasteiger partial charge in [0.2, 0.25) is 0 Å². The van der Waals surface area contributed by atoms with Gasteiger partial charge in [0.05, 0.1) is 17.8 Å². The van der Waals surface area contributed by atoms with Gasteiger partial charge in [-0.05, 0) is 19.1 Å². The van der Waals surface area contributed by atoms with E-state index in [0.29, 0.717) is 17.3 Å². The molecule has 130 valence electrons. The van der Waals surface area contributed by atoms with E-state index in [2.05, 4.69) is 15.4 Å². The molecule has 24 heavy (non-hydrogen) atoms. The largest absolute Gasteiger partial charge is 0.487 e. The summed E-state index contributed by atoms with van der Waals surface area (Å²) in [6.07, 6.45) is 3.80. The van der Waals surface area contributed by atoms with Crippen molar-refractivity contribution in [3.05, 3.63) is 47.2 Å². The molecule has 0 fully saturated rings. The third-order valence-corrected chi connectivity index (χ3v) is 3.78. The molecular weight excluding hydrogens is 326 g/mol. The van der Waals surface area contributed by atoms with Gasteiger partial charge in [0, 0.05) is 39.4 Å². The quantitative estimate of drug-likeness (QED) is 0.643. The Kier molecular flexibility index (Phi) is 6.49. The Morgan fingerprint density at radius 3 is 2.83 bits per heavy atom. The van der Waals surface area contributed by atoms with Crippen molar-refractivity contribution in [2.24, 2.45) is 12.0 Å². The van der Waals surface area contributed by atoms with Crippen molar-refractivity contribution in [1.29, 1.82) is 0 Å². The van der Waals surface area contributed by atoms with Crippen molar-refractivity contribution in [2.45, 2.75) is 19.6 Å². The number of benzene rings is 1. The summed E-state index contributed by atoms with van der Waals surface area (Å²) in [4.78, 5) is 6.35. The Balaban J connectivity index is 1.85. The van der Waals surface area contributed by atoms with E-state index in [4.69, 9.17) is 16.3 Å². The molecule has 6 nitrogen and oxygen atoms in total. The third-order valence-electron chi connectivity index (χ3n) is 3.46. The molecule has 0 aliphatic carbocycles. The summed E-state index contributed by atoms with van der Waals surface area (Å²) >= 11 is 6.12. The van der Waals surface area contributed by atoms with E-state index in [1.807, 2.05) is 62.6 Å². The van der Waals surface area contributed by atoms with Gasteiger partial charge in [-0.3, -0.25) is 9.67 Å². The van der Waals surface area contributed by atoms with Crippen LogP contribution in [0, 0.1) is 0 Å². The van der Waals surface area contributed by atoms with Gasteiger partial charge in [0.15, 0.2) is 5.96 Å². The van der Waals surface area contributed by atoms with Crippen molar-refractivity contribution in [1.82, 2.24) is 20.0 Å². The SMILES string of the molecule is CN=C(NCC(C)Oc1ccccc1Cl)N(C)Cc1cnn(C)c1. The molecule has 1 heterocycles. The summed E-state index contributed by atoms with van der Waals surface area (Å²) in [7, 11) is 5.66. The Labute approximate surface area is 148 Å². The highest BCUT2D eigenvalue weighted by atomic mass is 35.5. The third kappa shape index (κ3) is 5.16. The van der Waals surface area contributed by atoms with E-state index in [-0.39, 0.29) is 6.10 Å². The molecule has 0 saturated carbocycles. The van der Waals surface area contributed by atoms with Crippen molar-refractivity contribution >= 4 is 17.6 Å². The van der Waals surface area contributed by atoms with Crippen molar-refractivity contribution in [3.8, 4) is 5.75 Å². The van der Waals surface area contributed by atoms with E-state index in [0.717, 1.165) is 18.1 Å². The Hall–Kier alpha value is -2.21. The fourth-order valence-corrected chi connectivity index (χ4v) is 2.50. The first kappa shape index (κ1) is 18.1. The van der Waals surface area contributed by atoms with Gasteiger partial charge in [-0.15, -0.1) is 0 Å². The van der Waals surface area contributed by atoms with Crippen molar-refractivity contribution in [3.63, 3.8) is 0 Å². The van der Waals surface area contributed by atoms with Crippen LogP contribution in [0.3, 0.4) is 0 Å². The summed E-state index contributed by atoms with van der Waals surface area (Å²) in [6.45, 7) is 3.34. The van der Waals surface area contributed by atoms with E-state index in [1.165, 1.54) is 0 Å². The first-order valence-electron chi connectivity index (χ1n) is 7.80. The molecule has 1 aromatic heterocycles. The predicted molar refractivity (Wildman–Crippen MR) is 97.6 cm³/mol. The summed E-state index contributed by atoms with van der Waals surface area (Å²) in [6, 6.07) is 7.47. The van der Waals surface area contributed by atoms with Gasteiger partial charge < -0.3 is 15.0 Å². The molecule has 0 aliphatic heterocycles. The molecule has 0 radical (unpaired) electrons. The highest BCUT2D eigenvalue weighted by molar-refractivity contribution is 6.32. The average molecular weight is 350 g/mol. The zero-order valence-corrected chi connectivity index (χ0v) is 15.3. The zero-order chi connectivity index (χ0) is 17.5. The minimum atomic E-state index is -0.0477. The highest BCUT2D eigenvalue weighted by Gasteiger charge is 2.11. The van der Waals surface area contributed by atoms with Crippen LogP contribution in [0.5, 0.6) is 5.75 Å². The van der Waals surface area contributed by atoms with Crippen LogP contribution in [0.2, 0.25) is 5.02 Å². The number of hydrogen-bond acceptors (Lipinski definition) is 3. The number of aryl methyl sites for hydroxylation is 1. The lowest BCUT2D eigenvalue weighted by Gasteiger charge is -2.23. The maximum absolute atomic E-state index is 6.12. The molecule has 7 heteroatoms. The van der Waals surface area contributed by atoms with E-state index >= 15 is 0 Å². The van der Waals surface area contributed by atoms with Crippen LogP contribution in [0.15, 0.2) is 41.7 Å². The molecule has 0 aliphatic rings. The molecule has 1 aromatic carbocycles. The number of nitrogens with one attached hydrogen (secondary N) is 1. The summed E-state index contributed by atoms with van der Waals surface area (Å²) in [5.41, 5.74) is 1.13. The number of halogens is 1. The van der Waals surface area contributed by atoms with Gasteiger partial charge in [0.1, 0.15) is 11.9 Å². The number of aliphatic imine (C=N–C) groups is 1. The fourth-order valence-electron chi connectivity index (χ4n) is 2.32. The van der Waals surface area contributed by atoms with Gasteiger partial charge in [0.25, 0.3) is 0 Å². The molecule has 1 N–H and O–H groups in total. The number of ether oxygens (including phenoxy) is 1. The average Bonchev–Trinajstić information content (AvgIpc) is 2.95. The Morgan fingerprint density at radius 2 is 2.21 bits per heavy atom. The Bertz CT molecular complexity index is 685. The molecule has 0 bridgehead atoms. The van der Waals surface area contributed by atoms with Crippen LogP contribution < -0.4 is 10.1 Å². The molecule has 1 atom stereocenters. The Morgan fingerprint density at radius 1 is 1.46 bits per heavy atom. The van der Waals surface area contributed by atoms with E-state index in [9.17, 15) is 0 Å². The fraction of sp³-hybridized carbons (Fsp3) is 0.412. The van der Waals surface area contributed by atoms with E-state index in [1.54, 1.807) is 11.7 Å². The number of para-hydroxylation sites is 1. The van der Waals surface area contributed by atoms with Crippen LogP contribution >= 0.6 is 11.6 Å². The smallest absolute Gasteiger partial charge is 0.193 e. The van der Waals surface area contributed by atoms with Crippen molar-refractivity contribution in [2.75, 3.05) is 20.6 Å². The van der Waals surface area contributed by atoms with Gasteiger partial charge >= 0.3 is 0 Å². The lowest BCUT2D eigenvalue weighted by Crippen LogP contribution is -2.42. The van der Waals surface area contributed by atoms with Gasteiger partial charge in [-0.1, -0.05) is 23.7 Å². The molecular formula is C17H24ClN5O. The number of aromatic nitrogens is 2. The normalized spacial score (nSPS) is 12.8. The van der Waals surface area contributed by atoms with Crippen LogP contribution in [0.4, 0.5) is 0 Å². The molecule has 2 rings (SSSR count). The predicted octanol–water partition coefficient (Wildman–Crippen LogP) is 2.55. The lowest BCUT2D eigenvalue weighted by molar-refractivity contribution is 0.222.